The van der Waals surface area contributed by atoms with Gasteiger partial charge in [0.25, 0.3) is 0 Å². The molecule has 1 N–H and O–H groups in total. The predicted octanol–water partition coefficient (Wildman–Crippen LogP) is 2.20. The zero-order valence-corrected chi connectivity index (χ0v) is 13.9. The topological polar surface area (TPSA) is 57.5 Å². The number of aryl methyl sites for hydroxylation is 1. The normalized spacial score (nSPS) is 23.2. The zero-order chi connectivity index (χ0) is 16.4. The SMILES string of the molecule is Cn1cncc1[C@@H]1C[C@@H](NCc2ccc3c(c2)OCCO3)CCO1. The highest BCUT2D eigenvalue weighted by atomic mass is 16.6. The van der Waals surface area contributed by atoms with E-state index in [0.717, 1.165) is 43.2 Å². The second kappa shape index (κ2) is 6.83. The number of ether oxygens (including phenoxy) is 3. The van der Waals surface area contributed by atoms with E-state index in [2.05, 4.69) is 22.4 Å². The molecule has 0 aliphatic carbocycles. The number of fused-ring (bicyclic) bond motifs is 1. The summed E-state index contributed by atoms with van der Waals surface area (Å²) in [6, 6.07) is 6.60. The molecule has 2 aromatic rings. The van der Waals surface area contributed by atoms with Crippen molar-refractivity contribution in [3.05, 3.63) is 42.0 Å². The number of hydrogen-bond acceptors (Lipinski definition) is 5. The van der Waals surface area contributed by atoms with Crippen molar-refractivity contribution in [2.75, 3.05) is 19.8 Å². The van der Waals surface area contributed by atoms with Gasteiger partial charge in [-0.15, -0.1) is 0 Å². The van der Waals surface area contributed by atoms with Crippen LogP contribution in [0, 0.1) is 0 Å². The molecule has 2 aliphatic rings. The van der Waals surface area contributed by atoms with E-state index in [1.165, 1.54) is 5.56 Å². The molecule has 6 nitrogen and oxygen atoms in total. The van der Waals surface area contributed by atoms with Gasteiger partial charge in [-0.3, -0.25) is 0 Å². The van der Waals surface area contributed by atoms with Crippen LogP contribution in [-0.4, -0.2) is 35.4 Å². The van der Waals surface area contributed by atoms with E-state index in [9.17, 15) is 0 Å². The summed E-state index contributed by atoms with van der Waals surface area (Å²) in [5.74, 6) is 1.69. The van der Waals surface area contributed by atoms with Crippen LogP contribution in [0.15, 0.2) is 30.7 Å². The summed E-state index contributed by atoms with van der Waals surface area (Å²) in [4.78, 5) is 4.19. The number of rotatable bonds is 4. The first-order valence-corrected chi connectivity index (χ1v) is 8.49. The molecule has 0 spiro atoms. The Hall–Kier alpha value is -2.05. The maximum absolute atomic E-state index is 5.92. The van der Waals surface area contributed by atoms with Crippen molar-refractivity contribution in [2.45, 2.75) is 31.5 Å². The van der Waals surface area contributed by atoms with Crippen molar-refractivity contribution in [3.8, 4) is 11.5 Å². The third kappa shape index (κ3) is 3.25. The molecule has 0 bridgehead atoms. The summed E-state index contributed by atoms with van der Waals surface area (Å²) >= 11 is 0. The van der Waals surface area contributed by atoms with Crippen LogP contribution < -0.4 is 14.8 Å². The largest absolute Gasteiger partial charge is 0.486 e. The first kappa shape index (κ1) is 15.5. The standard InChI is InChI=1S/C18H23N3O3/c1-21-12-19-11-15(21)17-9-14(4-5-22-17)20-10-13-2-3-16-18(8-13)24-7-6-23-16/h2-3,8,11-12,14,17,20H,4-7,9-10H2,1H3/t14-,17-/m0/s1. The Morgan fingerprint density at radius 2 is 2.08 bits per heavy atom. The quantitative estimate of drug-likeness (QED) is 0.932. The molecule has 2 aliphatic heterocycles. The summed E-state index contributed by atoms with van der Waals surface area (Å²) in [5.41, 5.74) is 2.35. The molecule has 128 valence electrons. The third-order valence-corrected chi connectivity index (χ3v) is 4.67. The van der Waals surface area contributed by atoms with E-state index in [4.69, 9.17) is 14.2 Å². The molecule has 1 saturated heterocycles. The summed E-state index contributed by atoms with van der Waals surface area (Å²) in [6.45, 7) is 2.84. The van der Waals surface area contributed by atoms with E-state index < -0.39 is 0 Å². The maximum atomic E-state index is 5.92. The van der Waals surface area contributed by atoms with Gasteiger partial charge in [0.2, 0.25) is 0 Å². The average molecular weight is 329 g/mol. The fourth-order valence-corrected chi connectivity index (χ4v) is 3.33. The number of aromatic nitrogens is 2. The molecular formula is C18H23N3O3. The minimum atomic E-state index is 0.115. The van der Waals surface area contributed by atoms with Crippen LogP contribution in [0.2, 0.25) is 0 Å². The lowest BCUT2D eigenvalue weighted by Crippen LogP contribution is -2.36. The highest BCUT2D eigenvalue weighted by molar-refractivity contribution is 5.43. The van der Waals surface area contributed by atoms with Gasteiger partial charge in [-0.2, -0.15) is 0 Å². The van der Waals surface area contributed by atoms with Gasteiger partial charge in [0.05, 0.1) is 18.2 Å². The molecule has 0 radical (unpaired) electrons. The molecule has 1 aromatic carbocycles. The minimum absolute atomic E-state index is 0.115. The monoisotopic (exact) mass is 329 g/mol. The average Bonchev–Trinajstić information content (AvgIpc) is 3.06. The second-order valence-corrected chi connectivity index (χ2v) is 6.37. The Balaban J connectivity index is 1.36. The van der Waals surface area contributed by atoms with Gasteiger partial charge in [-0.1, -0.05) is 6.07 Å². The van der Waals surface area contributed by atoms with Crippen molar-refractivity contribution >= 4 is 0 Å². The lowest BCUT2D eigenvalue weighted by Gasteiger charge is -2.30. The van der Waals surface area contributed by atoms with E-state index in [1.54, 1.807) is 0 Å². The molecular weight excluding hydrogens is 306 g/mol. The van der Waals surface area contributed by atoms with Crippen LogP contribution in [0.1, 0.15) is 30.2 Å². The molecule has 1 aromatic heterocycles. The number of imidazole rings is 1. The van der Waals surface area contributed by atoms with Gasteiger partial charge >= 0.3 is 0 Å². The van der Waals surface area contributed by atoms with Crippen LogP contribution in [0.25, 0.3) is 0 Å². The van der Waals surface area contributed by atoms with E-state index in [1.807, 2.05) is 30.2 Å². The Bertz CT molecular complexity index is 701. The Kier molecular flexibility index (Phi) is 4.40. The highest BCUT2D eigenvalue weighted by Gasteiger charge is 2.25. The number of benzene rings is 1. The van der Waals surface area contributed by atoms with Gasteiger partial charge < -0.3 is 24.1 Å². The summed E-state index contributed by atoms with van der Waals surface area (Å²) in [7, 11) is 2.01. The van der Waals surface area contributed by atoms with E-state index in [0.29, 0.717) is 19.3 Å². The van der Waals surface area contributed by atoms with E-state index >= 15 is 0 Å². The smallest absolute Gasteiger partial charge is 0.161 e. The van der Waals surface area contributed by atoms with Gasteiger partial charge in [-0.05, 0) is 30.5 Å². The molecule has 1 fully saturated rings. The van der Waals surface area contributed by atoms with Gasteiger partial charge in [0, 0.05) is 26.2 Å². The molecule has 0 amide bonds. The minimum Gasteiger partial charge on any atom is -0.486 e. The molecule has 0 unspecified atom stereocenters. The van der Waals surface area contributed by atoms with Crippen molar-refractivity contribution in [3.63, 3.8) is 0 Å². The molecule has 6 heteroatoms. The van der Waals surface area contributed by atoms with Crippen molar-refractivity contribution < 1.29 is 14.2 Å². The molecule has 0 saturated carbocycles. The second-order valence-electron chi connectivity index (χ2n) is 6.37. The van der Waals surface area contributed by atoms with Gasteiger partial charge in [0.1, 0.15) is 19.3 Å². The van der Waals surface area contributed by atoms with Crippen LogP contribution in [0.5, 0.6) is 11.5 Å². The number of hydrogen-bond donors (Lipinski definition) is 1. The lowest BCUT2D eigenvalue weighted by molar-refractivity contribution is -0.00404. The van der Waals surface area contributed by atoms with Gasteiger partial charge in [-0.25, -0.2) is 4.98 Å². The number of nitrogens with zero attached hydrogens (tertiary/aromatic N) is 2. The predicted molar refractivity (Wildman–Crippen MR) is 89.2 cm³/mol. The van der Waals surface area contributed by atoms with Crippen LogP contribution in [0.3, 0.4) is 0 Å². The van der Waals surface area contributed by atoms with Gasteiger partial charge in [0.15, 0.2) is 11.5 Å². The van der Waals surface area contributed by atoms with Crippen molar-refractivity contribution in [1.82, 2.24) is 14.9 Å². The first-order valence-electron chi connectivity index (χ1n) is 8.49. The molecule has 4 rings (SSSR count). The summed E-state index contributed by atoms with van der Waals surface area (Å²) in [5, 5.41) is 3.65. The molecule has 2 atom stereocenters. The van der Waals surface area contributed by atoms with Crippen molar-refractivity contribution in [1.29, 1.82) is 0 Å². The van der Waals surface area contributed by atoms with Crippen LogP contribution in [-0.2, 0) is 18.3 Å². The first-order chi connectivity index (χ1) is 11.8. The Labute approximate surface area is 141 Å². The summed E-state index contributed by atoms with van der Waals surface area (Å²) < 4.78 is 19.2. The zero-order valence-electron chi connectivity index (χ0n) is 13.9. The number of nitrogens with one attached hydrogen (secondary N) is 1. The Morgan fingerprint density at radius 1 is 1.21 bits per heavy atom. The Morgan fingerprint density at radius 3 is 2.92 bits per heavy atom. The maximum Gasteiger partial charge on any atom is 0.161 e. The molecule has 24 heavy (non-hydrogen) atoms. The van der Waals surface area contributed by atoms with Crippen molar-refractivity contribution in [2.24, 2.45) is 7.05 Å². The van der Waals surface area contributed by atoms with Crippen LogP contribution >= 0.6 is 0 Å². The summed E-state index contributed by atoms with van der Waals surface area (Å²) in [6.07, 6.45) is 5.82. The van der Waals surface area contributed by atoms with E-state index in [-0.39, 0.29) is 6.10 Å². The lowest BCUT2D eigenvalue weighted by atomic mass is 10.0. The fraction of sp³-hybridized carbons (Fsp3) is 0.500. The third-order valence-electron chi connectivity index (χ3n) is 4.67. The van der Waals surface area contributed by atoms with Crippen LogP contribution in [0.4, 0.5) is 0 Å². The fourth-order valence-electron chi connectivity index (χ4n) is 3.33. The highest BCUT2D eigenvalue weighted by Crippen LogP contribution is 2.31. The molecule has 3 heterocycles.